The molecule has 8 heteroatoms. The Kier molecular flexibility index (Phi) is 7.16. The van der Waals surface area contributed by atoms with Gasteiger partial charge in [0.05, 0.1) is 4.92 Å². The molecule has 0 spiro atoms. The van der Waals surface area contributed by atoms with E-state index in [4.69, 9.17) is 0 Å². The Hall–Kier alpha value is -3.58. The van der Waals surface area contributed by atoms with Crippen molar-refractivity contribution in [1.29, 1.82) is 0 Å². The van der Waals surface area contributed by atoms with Gasteiger partial charge in [0.25, 0.3) is 11.6 Å². The van der Waals surface area contributed by atoms with E-state index in [0.29, 0.717) is 22.4 Å². The zero-order valence-electron chi connectivity index (χ0n) is 15.5. The zero-order chi connectivity index (χ0) is 20.1. The molecule has 1 amide bonds. The third kappa shape index (κ3) is 5.46. The number of ketones is 1. The van der Waals surface area contributed by atoms with E-state index in [1.807, 2.05) is 6.07 Å². The van der Waals surface area contributed by atoms with Crippen molar-refractivity contribution >= 4 is 23.1 Å². The molecule has 148 valence electrons. The van der Waals surface area contributed by atoms with Gasteiger partial charge in [0.15, 0.2) is 18.2 Å². The summed E-state index contributed by atoms with van der Waals surface area (Å²) >= 11 is 0. The maximum absolute atomic E-state index is 12.4. The van der Waals surface area contributed by atoms with Crippen molar-refractivity contribution in [3.63, 3.8) is 0 Å². The summed E-state index contributed by atoms with van der Waals surface area (Å²) in [4.78, 5) is 35.1. The molecule has 2 aromatic carbocycles. The minimum atomic E-state index is -0.484. The molecule has 0 saturated carbocycles. The summed E-state index contributed by atoms with van der Waals surface area (Å²) in [5.74, 6) is -0.422. The van der Waals surface area contributed by atoms with Crippen molar-refractivity contribution in [1.82, 2.24) is 0 Å². The second-order valence-corrected chi connectivity index (χ2v) is 6.26. The van der Waals surface area contributed by atoms with Crippen molar-refractivity contribution in [2.24, 2.45) is 0 Å². The van der Waals surface area contributed by atoms with Crippen LogP contribution < -0.4 is 22.3 Å². The number of carbonyl (C=O) groups is 2. The molecular weight excluding hydrogens is 394 g/mol. The lowest BCUT2D eigenvalue weighted by atomic mass is 10.0. The first-order chi connectivity index (χ1) is 13.4. The van der Waals surface area contributed by atoms with E-state index in [2.05, 4.69) is 5.32 Å². The van der Waals surface area contributed by atoms with Crippen LogP contribution in [0.15, 0.2) is 73.1 Å². The highest BCUT2D eigenvalue weighted by molar-refractivity contribution is 6.08. The molecule has 0 radical (unpaired) electrons. The fraction of sp³-hybridized carbons (Fsp3) is 0.0952. The number of nitro benzene ring substituents is 1. The van der Waals surface area contributed by atoms with E-state index in [1.54, 1.807) is 72.4 Å². The largest absolute Gasteiger partial charge is 1.00 e. The second kappa shape index (κ2) is 9.57. The number of rotatable bonds is 6. The lowest BCUT2D eigenvalue weighted by Gasteiger charge is -2.05. The van der Waals surface area contributed by atoms with Gasteiger partial charge in [0.2, 0.25) is 6.54 Å². The first-order valence-electron chi connectivity index (χ1n) is 8.58. The zero-order valence-corrected chi connectivity index (χ0v) is 16.3. The van der Waals surface area contributed by atoms with Gasteiger partial charge in [-0.2, -0.15) is 4.57 Å². The Balaban J connectivity index is 0.00000300. The molecule has 3 rings (SSSR count). The number of benzene rings is 2. The number of amides is 1. The number of nitrogens with one attached hydrogen (secondary N) is 1. The van der Waals surface area contributed by atoms with Gasteiger partial charge in [-0.25, -0.2) is 0 Å². The van der Waals surface area contributed by atoms with Crippen molar-refractivity contribution in [3.05, 3.63) is 99.9 Å². The molecule has 1 heterocycles. The van der Waals surface area contributed by atoms with Gasteiger partial charge in [0, 0.05) is 40.6 Å². The Morgan fingerprint density at radius 1 is 1.00 bits per heavy atom. The minimum absolute atomic E-state index is 0. The molecule has 1 N–H and O–H groups in total. The third-order valence-corrected chi connectivity index (χ3v) is 4.21. The van der Waals surface area contributed by atoms with E-state index >= 15 is 0 Å². The monoisotopic (exact) mass is 411 g/mol. The molecule has 0 aliphatic rings. The summed E-state index contributed by atoms with van der Waals surface area (Å²) in [7, 11) is 0. The molecule has 0 aliphatic heterocycles. The SMILES string of the molecule is Cc1ccc(NC(=O)C[n+]2ccc(C(=O)c3ccccc3)cc2)cc1[N+](=O)[O-].[Cl-]. The molecule has 7 nitrogen and oxygen atoms in total. The normalized spacial score (nSPS) is 9.97. The van der Waals surface area contributed by atoms with Crippen LogP contribution in [0.4, 0.5) is 11.4 Å². The highest BCUT2D eigenvalue weighted by atomic mass is 35.5. The number of nitrogens with zero attached hydrogens (tertiary/aromatic N) is 2. The standard InChI is InChI=1S/C21H17N3O4.ClH/c1-15-7-8-18(13-19(15)24(27)28)22-20(25)14-23-11-9-17(10-12-23)21(26)16-5-3-2-4-6-16;/h2-13H,14H2,1H3;1H. The average molecular weight is 412 g/mol. The van der Waals surface area contributed by atoms with Gasteiger partial charge < -0.3 is 17.7 Å². The van der Waals surface area contributed by atoms with Crippen molar-refractivity contribution in [3.8, 4) is 0 Å². The fourth-order valence-corrected chi connectivity index (χ4v) is 2.72. The van der Waals surface area contributed by atoms with Crippen molar-refractivity contribution in [2.75, 3.05) is 5.32 Å². The summed E-state index contributed by atoms with van der Waals surface area (Å²) in [5, 5.41) is 13.6. The fourth-order valence-electron chi connectivity index (χ4n) is 2.72. The number of pyridine rings is 1. The number of hydrogen-bond donors (Lipinski definition) is 1. The van der Waals surface area contributed by atoms with Gasteiger partial charge >= 0.3 is 0 Å². The number of halogens is 1. The lowest BCUT2D eigenvalue weighted by molar-refractivity contribution is -0.684. The Labute approximate surface area is 173 Å². The highest BCUT2D eigenvalue weighted by Gasteiger charge is 2.15. The number of carbonyl (C=O) groups excluding carboxylic acids is 2. The molecule has 1 aromatic heterocycles. The summed E-state index contributed by atoms with van der Waals surface area (Å²) in [6.45, 7) is 1.65. The molecule has 29 heavy (non-hydrogen) atoms. The molecule has 3 aromatic rings. The maximum atomic E-state index is 12.4. The number of aromatic nitrogens is 1. The van der Waals surface area contributed by atoms with Gasteiger partial charge in [-0.15, -0.1) is 0 Å². The molecule has 0 unspecified atom stereocenters. The van der Waals surface area contributed by atoms with Crippen LogP contribution in [-0.4, -0.2) is 16.6 Å². The van der Waals surface area contributed by atoms with Gasteiger partial charge in [-0.3, -0.25) is 19.7 Å². The molecule has 0 saturated heterocycles. The Morgan fingerprint density at radius 2 is 1.62 bits per heavy atom. The van der Waals surface area contributed by atoms with Crippen LogP contribution >= 0.6 is 0 Å². The van der Waals surface area contributed by atoms with Crippen molar-refractivity contribution < 1.29 is 31.5 Å². The smallest absolute Gasteiger partial charge is 0.290 e. The molecule has 0 atom stereocenters. The van der Waals surface area contributed by atoms with Crippen LogP contribution in [0.5, 0.6) is 0 Å². The molecule has 0 fully saturated rings. The van der Waals surface area contributed by atoms with E-state index < -0.39 is 4.92 Å². The van der Waals surface area contributed by atoms with Gasteiger partial charge in [0.1, 0.15) is 0 Å². The topological polar surface area (TPSA) is 93.2 Å². The van der Waals surface area contributed by atoms with Crippen LogP contribution in [0.2, 0.25) is 0 Å². The quantitative estimate of drug-likeness (QED) is 0.269. The Morgan fingerprint density at radius 3 is 2.24 bits per heavy atom. The van der Waals surface area contributed by atoms with Crippen LogP contribution in [0.3, 0.4) is 0 Å². The molecular formula is C21H18ClN3O4. The summed E-state index contributed by atoms with van der Waals surface area (Å²) < 4.78 is 1.62. The van der Waals surface area contributed by atoms with E-state index in [0.717, 1.165) is 0 Å². The van der Waals surface area contributed by atoms with Crippen LogP contribution in [0.1, 0.15) is 21.5 Å². The van der Waals surface area contributed by atoms with Crippen molar-refractivity contribution in [2.45, 2.75) is 13.5 Å². The second-order valence-electron chi connectivity index (χ2n) is 6.26. The number of nitro groups is 1. The van der Waals surface area contributed by atoms with Crippen LogP contribution in [-0.2, 0) is 11.3 Å². The predicted molar refractivity (Wildman–Crippen MR) is 103 cm³/mol. The average Bonchev–Trinajstić information content (AvgIpc) is 2.70. The molecule has 0 bridgehead atoms. The van der Waals surface area contributed by atoms with Crippen LogP contribution in [0.25, 0.3) is 0 Å². The van der Waals surface area contributed by atoms with Crippen LogP contribution in [0, 0.1) is 17.0 Å². The number of hydrogen-bond acceptors (Lipinski definition) is 4. The first kappa shape index (κ1) is 21.7. The minimum Gasteiger partial charge on any atom is -1.00 e. The Bertz CT molecular complexity index is 1040. The molecule has 0 aliphatic carbocycles. The highest BCUT2D eigenvalue weighted by Crippen LogP contribution is 2.22. The predicted octanol–water partition coefficient (Wildman–Crippen LogP) is 0.0644. The van der Waals surface area contributed by atoms with E-state index in [9.17, 15) is 19.7 Å². The number of aryl methyl sites for hydroxylation is 1. The third-order valence-electron chi connectivity index (χ3n) is 4.21. The van der Waals surface area contributed by atoms with E-state index in [1.165, 1.54) is 6.07 Å². The summed E-state index contributed by atoms with van der Waals surface area (Å²) in [6, 6.07) is 16.8. The maximum Gasteiger partial charge on any atom is 0.290 e. The van der Waals surface area contributed by atoms with E-state index in [-0.39, 0.29) is 36.3 Å². The summed E-state index contributed by atoms with van der Waals surface area (Å²) in [6.07, 6.45) is 3.29. The van der Waals surface area contributed by atoms with Gasteiger partial charge in [-0.1, -0.05) is 36.4 Å². The summed E-state index contributed by atoms with van der Waals surface area (Å²) in [5.41, 5.74) is 1.96. The lowest BCUT2D eigenvalue weighted by Crippen LogP contribution is -3.00. The number of anilines is 1. The van der Waals surface area contributed by atoms with Gasteiger partial charge in [-0.05, 0) is 13.0 Å². The first-order valence-corrected chi connectivity index (χ1v) is 8.58.